The quantitative estimate of drug-likeness (QED) is 0.256. The number of carbonyl (C=O) groups is 1. The summed E-state index contributed by atoms with van der Waals surface area (Å²) in [5, 5.41) is 15.3. The number of hydrogen-bond acceptors (Lipinski definition) is 8. The van der Waals surface area contributed by atoms with E-state index in [1.807, 2.05) is 38.1 Å². The summed E-state index contributed by atoms with van der Waals surface area (Å²) in [6, 6.07) is 13.2. The zero-order valence-electron chi connectivity index (χ0n) is 16.9. The van der Waals surface area contributed by atoms with Crippen molar-refractivity contribution in [2.24, 2.45) is 0 Å². The molecule has 0 fully saturated rings. The summed E-state index contributed by atoms with van der Waals surface area (Å²) in [4.78, 5) is 32.0. The fourth-order valence-corrected chi connectivity index (χ4v) is 3.33. The van der Waals surface area contributed by atoms with Gasteiger partial charge < -0.3 is 9.26 Å². The first-order valence-electron chi connectivity index (χ1n) is 9.60. The van der Waals surface area contributed by atoms with Crippen LogP contribution in [-0.2, 0) is 17.8 Å². The van der Waals surface area contributed by atoms with Crippen LogP contribution in [0, 0.1) is 17.0 Å². The van der Waals surface area contributed by atoms with Gasteiger partial charge in [0.2, 0.25) is 5.82 Å². The van der Waals surface area contributed by atoms with Gasteiger partial charge in [0.1, 0.15) is 0 Å². The summed E-state index contributed by atoms with van der Waals surface area (Å²) >= 11 is 0. The second-order valence-electron chi connectivity index (χ2n) is 6.82. The van der Waals surface area contributed by atoms with Gasteiger partial charge in [-0.15, -0.1) is 0 Å². The summed E-state index contributed by atoms with van der Waals surface area (Å²) in [7, 11) is 0. The molecule has 9 heteroatoms. The molecule has 156 valence electrons. The van der Waals surface area contributed by atoms with Crippen molar-refractivity contribution in [3.05, 3.63) is 81.4 Å². The van der Waals surface area contributed by atoms with Crippen LogP contribution in [0.2, 0.25) is 0 Å². The molecule has 9 nitrogen and oxygen atoms in total. The van der Waals surface area contributed by atoms with Gasteiger partial charge in [0.15, 0.2) is 6.61 Å². The van der Waals surface area contributed by atoms with Gasteiger partial charge in [-0.05, 0) is 37.1 Å². The SMILES string of the molecule is CCc1nc2ccccc2c(C(=O)OCc2nc(-c3ccc([N+](=O)[O-])cc3)no2)c1C. The van der Waals surface area contributed by atoms with Crippen molar-refractivity contribution in [3.63, 3.8) is 0 Å². The van der Waals surface area contributed by atoms with Gasteiger partial charge in [-0.3, -0.25) is 15.1 Å². The molecule has 2 aromatic carbocycles. The average molecular weight is 418 g/mol. The highest BCUT2D eigenvalue weighted by molar-refractivity contribution is 6.04. The van der Waals surface area contributed by atoms with E-state index in [0.717, 1.165) is 22.2 Å². The molecule has 0 bridgehead atoms. The van der Waals surface area contributed by atoms with Gasteiger partial charge in [0.05, 0.1) is 16.0 Å². The van der Waals surface area contributed by atoms with Crippen molar-refractivity contribution >= 4 is 22.6 Å². The third-order valence-corrected chi connectivity index (χ3v) is 4.91. The van der Waals surface area contributed by atoms with Crippen molar-refractivity contribution in [1.82, 2.24) is 15.1 Å². The largest absolute Gasteiger partial charge is 0.452 e. The molecule has 0 saturated carbocycles. The Kier molecular flexibility index (Phi) is 5.40. The minimum absolute atomic E-state index is 0.0344. The Bertz CT molecular complexity index is 1280. The molecule has 0 N–H and O–H groups in total. The van der Waals surface area contributed by atoms with Crippen molar-refractivity contribution in [2.75, 3.05) is 0 Å². The maximum absolute atomic E-state index is 12.9. The van der Waals surface area contributed by atoms with E-state index in [2.05, 4.69) is 15.1 Å². The average Bonchev–Trinajstić information content (AvgIpc) is 3.26. The zero-order valence-corrected chi connectivity index (χ0v) is 16.9. The number of non-ortho nitro benzene ring substituents is 1. The summed E-state index contributed by atoms with van der Waals surface area (Å²) < 4.78 is 10.6. The van der Waals surface area contributed by atoms with Crippen LogP contribution in [0.3, 0.4) is 0 Å². The Balaban J connectivity index is 1.54. The first-order valence-corrected chi connectivity index (χ1v) is 9.60. The van der Waals surface area contributed by atoms with E-state index in [9.17, 15) is 14.9 Å². The lowest BCUT2D eigenvalue weighted by Gasteiger charge is -2.12. The van der Waals surface area contributed by atoms with Gasteiger partial charge >= 0.3 is 5.97 Å². The molecule has 0 amide bonds. The van der Waals surface area contributed by atoms with E-state index < -0.39 is 10.9 Å². The van der Waals surface area contributed by atoms with Crippen LogP contribution in [-0.4, -0.2) is 26.0 Å². The molecule has 0 aliphatic heterocycles. The van der Waals surface area contributed by atoms with E-state index >= 15 is 0 Å². The number of carbonyl (C=O) groups excluding carboxylic acids is 1. The van der Waals surface area contributed by atoms with E-state index in [1.54, 1.807) is 0 Å². The minimum Gasteiger partial charge on any atom is -0.452 e. The van der Waals surface area contributed by atoms with Gasteiger partial charge in [0, 0.05) is 28.8 Å². The molecule has 0 unspecified atom stereocenters. The number of ether oxygens (including phenoxy) is 1. The molecule has 0 spiro atoms. The third-order valence-electron chi connectivity index (χ3n) is 4.91. The monoisotopic (exact) mass is 418 g/mol. The van der Waals surface area contributed by atoms with Crippen LogP contribution in [0.25, 0.3) is 22.3 Å². The first kappa shape index (κ1) is 20.1. The van der Waals surface area contributed by atoms with Gasteiger partial charge in [-0.1, -0.05) is 30.3 Å². The van der Waals surface area contributed by atoms with Crippen LogP contribution >= 0.6 is 0 Å². The maximum Gasteiger partial charge on any atom is 0.339 e. The molecule has 0 saturated heterocycles. The van der Waals surface area contributed by atoms with E-state index in [4.69, 9.17) is 9.26 Å². The lowest BCUT2D eigenvalue weighted by molar-refractivity contribution is -0.384. The normalized spacial score (nSPS) is 10.9. The highest BCUT2D eigenvalue weighted by Crippen LogP contribution is 2.25. The fraction of sp³-hybridized carbons (Fsp3) is 0.182. The molecular formula is C22H18N4O5. The zero-order chi connectivity index (χ0) is 22.0. The highest BCUT2D eigenvalue weighted by atomic mass is 16.6. The van der Waals surface area contributed by atoms with E-state index in [-0.39, 0.29) is 24.0 Å². The number of benzene rings is 2. The molecule has 0 aliphatic carbocycles. The number of aromatic nitrogens is 3. The van der Waals surface area contributed by atoms with Gasteiger partial charge in [-0.25, -0.2) is 4.79 Å². The summed E-state index contributed by atoms with van der Waals surface area (Å²) in [6.45, 7) is 3.64. The Morgan fingerprint density at radius 3 is 2.58 bits per heavy atom. The van der Waals surface area contributed by atoms with Gasteiger partial charge in [-0.2, -0.15) is 4.98 Å². The fourth-order valence-electron chi connectivity index (χ4n) is 3.33. The van der Waals surface area contributed by atoms with Crippen molar-refractivity contribution in [3.8, 4) is 11.4 Å². The number of hydrogen-bond donors (Lipinski definition) is 0. The van der Waals surface area contributed by atoms with E-state index in [0.29, 0.717) is 17.5 Å². The van der Waals surface area contributed by atoms with Crippen molar-refractivity contribution in [2.45, 2.75) is 26.9 Å². The number of nitro benzene ring substituents is 1. The number of rotatable bonds is 6. The Morgan fingerprint density at radius 2 is 1.87 bits per heavy atom. The summed E-state index contributed by atoms with van der Waals surface area (Å²) in [5.41, 5.74) is 3.34. The highest BCUT2D eigenvalue weighted by Gasteiger charge is 2.20. The third kappa shape index (κ3) is 3.97. The van der Waals surface area contributed by atoms with Crippen LogP contribution in [0.1, 0.15) is 34.4 Å². The molecule has 31 heavy (non-hydrogen) atoms. The Hall–Kier alpha value is -4.14. The van der Waals surface area contributed by atoms with Crippen molar-refractivity contribution in [1.29, 1.82) is 0 Å². The lowest BCUT2D eigenvalue weighted by atomic mass is 10.0. The first-order chi connectivity index (χ1) is 15.0. The summed E-state index contributed by atoms with van der Waals surface area (Å²) in [5.74, 6) is -0.130. The maximum atomic E-state index is 12.9. The standard InChI is InChI=1S/C22H18N4O5/c1-3-17-13(2)20(16-6-4-5-7-18(16)23-17)22(27)30-12-19-24-21(25-31-19)14-8-10-15(11-9-14)26(28)29/h4-11H,3,12H2,1-2H3. The number of esters is 1. The molecular weight excluding hydrogens is 400 g/mol. The molecule has 2 heterocycles. The molecule has 4 rings (SSSR count). The molecule has 0 aliphatic rings. The van der Waals surface area contributed by atoms with Crippen LogP contribution < -0.4 is 0 Å². The van der Waals surface area contributed by atoms with E-state index in [1.165, 1.54) is 24.3 Å². The second kappa shape index (κ2) is 8.31. The van der Waals surface area contributed by atoms with Crippen LogP contribution in [0.15, 0.2) is 53.1 Å². The lowest BCUT2D eigenvalue weighted by Crippen LogP contribution is -2.11. The summed E-state index contributed by atoms with van der Waals surface area (Å²) in [6.07, 6.45) is 0.694. The number of fused-ring (bicyclic) bond motifs is 1. The Labute approximate surface area is 176 Å². The topological polar surface area (TPSA) is 121 Å². The number of aryl methyl sites for hydroxylation is 1. The predicted molar refractivity (Wildman–Crippen MR) is 111 cm³/mol. The predicted octanol–water partition coefficient (Wildman–Crippen LogP) is 4.42. The second-order valence-corrected chi connectivity index (χ2v) is 6.82. The number of para-hydroxylation sites is 1. The van der Waals surface area contributed by atoms with Crippen LogP contribution in [0.5, 0.6) is 0 Å². The number of nitrogens with zero attached hydrogens (tertiary/aromatic N) is 4. The molecule has 0 radical (unpaired) electrons. The molecule has 2 aromatic heterocycles. The number of nitro groups is 1. The van der Waals surface area contributed by atoms with Crippen LogP contribution in [0.4, 0.5) is 5.69 Å². The Morgan fingerprint density at radius 1 is 1.13 bits per heavy atom. The number of pyridine rings is 1. The van der Waals surface area contributed by atoms with Crippen molar-refractivity contribution < 1.29 is 19.0 Å². The molecule has 0 atom stereocenters. The minimum atomic E-state index is -0.499. The smallest absolute Gasteiger partial charge is 0.339 e. The molecule has 4 aromatic rings. The van der Waals surface area contributed by atoms with Gasteiger partial charge in [0.25, 0.3) is 11.6 Å².